The second kappa shape index (κ2) is 10.4. The molecule has 0 spiro atoms. The van der Waals surface area contributed by atoms with Crippen LogP contribution in [0.3, 0.4) is 0 Å². The average Bonchev–Trinajstić information content (AvgIpc) is 3.04. The Morgan fingerprint density at radius 2 is 1.84 bits per heavy atom. The number of carboxylic acids is 1. The van der Waals surface area contributed by atoms with Crippen LogP contribution in [0.15, 0.2) is 70.8 Å². The van der Waals surface area contributed by atoms with Gasteiger partial charge >= 0.3 is 5.97 Å². The summed E-state index contributed by atoms with van der Waals surface area (Å²) in [5.74, 6) is 0.975. The minimum atomic E-state index is -0.725. The van der Waals surface area contributed by atoms with Gasteiger partial charge in [-0.2, -0.15) is 0 Å². The second-order valence-corrected chi connectivity index (χ2v) is 11.5. The first-order valence-corrected chi connectivity index (χ1v) is 13.1. The van der Waals surface area contributed by atoms with Gasteiger partial charge < -0.3 is 14.4 Å². The predicted octanol–water partition coefficient (Wildman–Crippen LogP) is 5.68. The number of para-hydroxylation sites is 1. The van der Waals surface area contributed by atoms with E-state index in [2.05, 4.69) is 88.1 Å². The molecule has 0 bridgehead atoms. The summed E-state index contributed by atoms with van der Waals surface area (Å²) in [6.07, 6.45) is 9.29. The lowest BCUT2D eigenvalue weighted by atomic mass is 9.83. The first kappa shape index (κ1) is 26.5. The van der Waals surface area contributed by atoms with E-state index in [0.717, 1.165) is 42.0 Å². The lowest BCUT2D eigenvalue weighted by Gasteiger charge is -2.27. The molecule has 2 heterocycles. The zero-order chi connectivity index (χ0) is 26.8. The maximum absolute atomic E-state index is 10.9. The normalized spacial score (nSPS) is 16.1. The Labute approximate surface area is 220 Å². The van der Waals surface area contributed by atoms with Gasteiger partial charge in [-0.3, -0.25) is 10.2 Å². The van der Waals surface area contributed by atoms with E-state index >= 15 is 0 Å². The van der Waals surface area contributed by atoms with Crippen molar-refractivity contribution in [2.45, 2.75) is 71.1 Å². The number of nitrogens with zero attached hydrogens (tertiary/aromatic N) is 1. The number of nitrogens with two attached hydrogens (primary N) is 1. The molecule has 3 N–H and O–H groups in total. The summed E-state index contributed by atoms with van der Waals surface area (Å²) in [4.78, 5) is 13.3. The van der Waals surface area contributed by atoms with Gasteiger partial charge in [0.1, 0.15) is 11.5 Å². The molecule has 1 aliphatic carbocycles. The molecule has 194 valence electrons. The molecular weight excluding hydrogens is 460 g/mol. The molecule has 5 heteroatoms. The number of fused-ring (bicyclic) bond motifs is 2. The van der Waals surface area contributed by atoms with E-state index in [1.165, 1.54) is 16.9 Å². The fraction of sp³-hybridized carbons (Fsp3) is 0.375. The molecule has 4 rings (SSSR count). The van der Waals surface area contributed by atoms with Crippen LogP contribution in [0.5, 0.6) is 0 Å². The van der Waals surface area contributed by atoms with E-state index < -0.39 is 5.97 Å². The fourth-order valence-electron chi connectivity index (χ4n) is 5.08. The van der Waals surface area contributed by atoms with Crippen molar-refractivity contribution in [1.29, 1.82) is 0 Å². The van der Waals surface area contributed by atoms with Crippen molar-refractivity contribution in [3.8, 4) is 11.3 Å². The van der Waals surface area contributed by atoms with Crippen LogP contribution in [0.2, 0.25) is 0 Å². The van der Waals surface area contributed by atoms with Crippen LogP contribution in [0.1, 0.15) is 77.2 Å². The predicted molar refractivity (Wildman–Crippen MR) is 149 cm³/mol. The van der Waals surface area contributed by atoms with Crippen LogP contribution in [0.4, 0.5) is 5.69 Å². The molecule has 1 aromatic carbocycles. The lowest BCUT2D eigenvalue weighted by molar-refractivity contribution is -0.172. The number of carboxylic acid groups (broad SMARTS) is 1. The third kappa shape index (κ3) is 5.71. The van der Waals surface area contributed by atoms with Gasteiger partial charge in [0.05, 0.1) is 6.07 Å². The number of allylic oxidation sites excluding steroid dienone is 3. The number of aliphatic carboxylic acids is 1. The molecule has 0 amide bonds. The first-order chi connectivity index (χ1) is 17.5. The summed E-state index contributed by atoms with van der Waals surface area (Å²) in [6.45, 7) is 11.8. The molecule has 0 radical (unpaired) electrons. The zero-order valence-electron chi connectivity index (χ0n) is 22.7. The molecule has 0 saturated heterocycles. The maximum Gasteiger partial charge on any atom is 0.303 e. The highest BCUT2D eigenvalue weighted by Crippen LogP contribution is 2.47. The standard InChI is InChI=1S/C32H38N2O3/c1-31(2,3)29-20-22(24-18-17-23(33)21-27(24)37-29)12-11-15-28-32(4,5)25-13-8-9-14-26(25)34(28)19-10-6-7-16-30(35)36/h8-9,11-15,17-18,20-21,33H,6-7,10,16,19H2,1-5H3,(H,35,36)/p+1. The van der Waals surface area contributed by atoms with Crippen molar-refractivity contribution < 1.29 is 19.7 Å². The Kier molecular flexibility index (Phi) is 7.44. The summed E-state index contributed by atoms with van der Waals surface area (Å²) in [5.41, 5.74) is 5.65. The number of hydrogen-bond acceptors (Lipinski definition) is 3. The molecule has 0 unspecified atom stereocenters. The molecular formula is C32H39N2O3+. The van der Waals surface area contributed by atoms with Crippen LogP contribution in [-0.2, 0) is 15.6 Å². The van der Waals surface area contributed by atoms with Crippen LogP contribution < -0.4 is 15.7 Å². The Morgan fingerprint density at radius 3 is 2.57 bits per heavy atom. The van der Waals surface area contributed by atoms with E-state index in [4.69, 9.17) is 14.9 Å². The SMILES string of the molecule is CC(C)(C)c1cc(C=CC=C2N(CCCCCC(=O)O)c3ccccc3C2(C)C)c2ccc(=[NH2+])cc-2o1. The van der Waals surface area contributed by atoms with Crippen molar-refractivity contribution in [1.82, 2.24) is 0 Å². The molecule has 2 aliphatic heterocycles. The van der Waals surface area contributed by atoms with E-state index in [1.54, 1.807) is 0 Å². The molecule has 1 aromatic rings. The molecule has 0 fully saturated rings. The third-order valence-corrected chi connectivity index (χ3v) is 7.16. The van der Waals surface area contributed by atoms with Gasteiger partial charge in [-0.1, -0.05) is 71.4 Å². The number of hydrogen-bond donors (Lipinski definition) is 2. The Morgan fingerprint density at radius 1 is 1.08 bits per heavy atom. The summed E-state index contributed by atoms with van der Waals surface area (Å²) in [6, 6.07) is 16.5. The van der Waals surface area contributed by atoms with E-state index in [0.29, 0.717) is 11.8 Å². The molecule has 3 aliphatic rings. The topological polar surface area (TPSA) is 79.3 Å². The maximum atomic E-state index is 10.9. The largest absolute Gasteiger partial charge is 0.481 e. The Balaban J connectivity index is 1.68. The van der Waals surface area contributed by atoms with Gasteiger partial charge in [-0.05, 0) is 48.2 Å². The van der Waals surface area contributed by atoms with Crippen LogP contribution in [-0.4, -0.2) is 17.6 Å². The smallest absolute Gasteiger partial charge is 0.303 e. The van der Waals surface area contributed by atoms with E-state index in [-0.39, 0.29) is 17.3 Å². The van der Waals surface area contributed by atoms with Crippen molar-refractivity contribution in [2.75, 3.05) is 11.4 Å². The van der Waals surface area contributed by atoms with Crippen molar-refractivity contribution in [3.05, 3.63) is 88.6 Å². The quantitative estimate of drug-likeness (QED) is 0.391. The van der Waals surface area contributed by atoms with Crippen molar-refractivity contribution in [3.63, 3.8) is 0 Å². The molecule has 0 aromatic heterocycles. The van der Waals surface area contributed by atoms with Crippen LogP contribution >= 0.6 is 0 Å². The first-order valence-electron chi connectivity index (χ1n) is 13.1. The third-order valence-electron chi connectivity index (χ3n) is 7.16. The zero-order valence-corrected chi connectivity index (χ0v) is 22.7. The molecule has 5 nitrogen and oxygen atoms in total. The van der Waals surface area contributed by atoms with Gasteiger partial charge in [-0.15, -0.1) is 0 Å². The highest BCUT2D eigenvalue weighted by Gasteiger charge is 2.39. The van der Waals surface area contributed by atoms with Gasteiger partial charge in [0.2, 0.25) is 0 Å². The summed E-state index contributed by atoms with van der Waals surface area (Å²) >= 11 is 0. The minimum Gasteiger partial charge on any atom is -0.481 e. The van der Waals surface area contributed by atoms with Crippen molar-refractivity contribution >= 4 is 17.7 Å². The highest BCUT2D eigenvalue weighted by atomic mass is 16.4. The Bertz CT molecular complexity index is 1370. The summed E-state index contributed by atoms with van der Waals surface area (Å²) in [5, 5.41) is 15.7. The number of unbranched alkanes of at least 4 members (excludes halogenated alkanes) is 2. The van der Waals surface area contributed by atoms with Gasteiger partial charge in [0, 0.05) is 46.8 Å². The fourth-order valence-corrected chi connectivity index (χ4v) is 5.08. The van der Waals surface area contributed by atoms with Gasteiger partial charge in [-0.25, -0.2) is 0 Å². The monoisotopic (exact) mass is 499 g/mol. The number of anilines is 1. The number of benzene rings is 2. The molecule has 0 atom stereocenters. The van der Waals surface area contributed by atoms with Crippen LogP contribution in [0, 0.1) is 0 Å². The van der Waals surface area contributed by atoms with Gasteiger partial charge in [0.15, 0.2) is 5.36 Å². The molecule has 0 saturated carbocycles. The van der Waals surface area contributed by atoms with Crippen LogP contribution in [0.25, 0.3) is 17.4 Å². The summed E-state index contributed by atoms with van der Waals surface area (Å²) < 4.78 is 6.22. The van der Waals surface area contributed by atoms with Crippen molar-refractivity contribution in [2.24, 2.45) is 0 Å². The Hall–Kier alpha value is -3.60. The average molecular weight is 500 g/mol. The van der Waals surface area contributed by atoms with E-state index in [9.17, 15) is 4.79 Å². The summed E-state index contributed by atoms with van der Waals surface area (Å²) in [7, 11) is 0. The minimum absolute atomic E-state index is 0.133. The lowest BCUT2D eigenvalue weighted by Crippen LogP contribution is -2.44. The number of rotatable bonds is 8. The molecule has 37 heavy (non-hydrogen) atoms. The van der Waals surface area contributed by atoms with E-state index in [1.807, 2.05) is 18.2 Å². The van der Waals surface area contributed by atoms with Gasteiger partial charge in [0.25, 0.3) is 0 Å². The second-order valence-electron chi connectivity index (χ2n) is 11.5. The number of carbonyl (C=O) groups is 1. The highest BCUT2D eigenvalue weighted by molar-refractivity contribution is 5.75.